The van der Waals surface area contributed by atoms with Crippen molar-refractivity contribution < 1.29 is 4.79 Å². The lowest BCUT2D eigenvalue weighted by Crippen LogP contribution is -2.29. The third-order valence-corrected chi connectivity index (χ3v) is 3.16. The fraction of sp³-hybridized carbons (Fsp3) is 0.400. The van der Waals surface area contributed by atoms with Crippen LogP contribution in [0.3, 0.4) is 0 Å². The van der Waals surface area contributed by atoms with E-state index in [9.17, 15) is 4.79 Å². The van der Waals surface area contributed by atoms with Gasteiger partial charge in [0.2, 0.25) is 5.91 Å². The second-order valence-electron chi connectivity index (χ2n) is 4.40. The first kappa shape index (κ1) is 13.5. The molecule has 2 heteroatoms. The highest BCUT2D eigenvalue weighted by atomic mass is 16.2. The Bertz CT molecular complexity index is 395. The van der Waals surface area contributed by atoms with Crippen LogP contribution in [0.5, 0.6) is 0 Å². The average molecular weight is 231 g/mol. The van der Waals surface area contributed by atoms with Crippen LogP contribution in [-0.4, -0.2) is 17.9 Å². The molecule has 1 amide bonds. The first-order valence-electron chi connectivity index (χ1n) is 5.96. The van der Waals surface area contributed by atoms with Gasteiger partial charge in [-0.3, -0.25) is 4.79 Å². The van der Waals surface area contributed by atoms with Crippen LogP contribution in [0.2, 0.25) is 0 Å². The van der Waals surface area contributed by atoms with Crippen LogP contribution < -0.4 is 0 Å². The fourth-order valence-electron chi connectivity index (χ4n) is 1.80. The molecule has 0 bridgehead atoms. The summed E-state index contributed by atoms with van der Waals surface area (Å²) in [7, 11) is 1.86. The molecule has 0 aliphatic carbocycles. The Balaban J connectivity index is 2.98. The summed E-state index contributed by atoms with van der Waals surface area (Å²) in [6.07, 6.45) is 2.99. The van der Waals surface area contributed by atoms with E-state index < -0.39 is 0 Å². The van der Waals surface area contributed by atoms with Crippen LogP contribution >= 0.6 is 0 Å². The highest BCUT2D eigenvalue weighted by molar-refractivity contribution is 5.73. The van der Waals surface area contributed by atoms with Gasteiger partial charge in [0, 0.05) is 14.0 Å². The van der Waals surface area contributed by atoms with Crippen molar-refractivity contribution in [2.45, 2.75) is 33.2 Å². The molecule has 1 rings (SSSR count). The number of amides is 1. The Morgan fingerprint density at radius 3 is 2.35 bits per heavy atom. The monoisotopic (exact) mass is 231 g/mol. The van der Waals surface area contributed by atoms with Gasteiger partial charge in [-0.25, -0.2) is 0 Å². The first-order valence-corrected chi connectivity index (χ1v) is 5.96. The minimum Gasteiger partial charge on any atom is -0.339 e. The number of benzene rings is 1. The summed E-state index contributed by atoms with van der Waals surface area (Å²) in [5, 5.41) is 0. The van der Waals surface area contributed by atoms with Gasteiger partial charge in [-0.15, -0.1) is 0 Å². The second kappa shape index (κ2) is 6.24. The van der Waals surface area contributed by atoms with E-state index in [2.05, 4.69) is 25.1 Å². The van der Waals surface area contributed by atoms with Crippen LogP contribution in [0.25, 0.3) is 0 Å². The van der Waals surface area contributed by atoms with Gasteiger partial charge in [0.1, 0.15) is 0 Å². The van der Waals surface area contributed by atoms with Crippen molar-refractivity contribution >= 4 is 5.91 Å². The van der Waals surface area contributed by atoms with E-state index in [-0.39, 0.29) is 11.9 Å². The van der Waals surface area contributed by atoms with Crippen LogP contribution in [0.1, 0.15) is 38.8 Å². The summed E-state index contributed by atoms with van der Waals surface area (Å²) in [5.41, 5.74) is 2.48. The van der Waals surface area contributed by atoms with Crippen molar-refractivity contribution in [2.24, 2.45) is 0 Å². The summed E-state index contributed by atoms with van der Waals surface area (Å²) in [5.74, 6) is 0.0998. The highest BCUT2D eigenvalue weighted by Gasteiger charge is 2.18. The van der Waals surface area contributed by atoms with Gasteiger partial charge in [0.25, 0.3) is 0 Å². The smallest absolute Gasteiger partial charge is 0.219 e. The maximum Gasteiger partial charge on any atom is 0.219 e. The number of hydrogen-bond acceptors (Lipinski definition) is 1. The summed E-state index contributed by atoms with van der Waals surface area (Å²) < 4.78 is 0. The molecule has 0 N–H and O–H groups in total. The van der Waals surface area contributed by atoms with Crippen molar-refractivity contribution in [2.75, 3.05) is 7.05 Å². The zero-order valence-electron chi connectivity index (χ0n) is 11.1. The lowest BCUT2D eigenvalue weighted by molar-refractivity contribution is -0.129. The van der Waals surface area contributed by atoms with E-state index >= 15 is 0 Å². The molecule has 0 aromatic heterocycles. The Labute approximate surface area is 104 Å². The molecule has 1 atom stereocenters. The lowest BCUT2D eigenvalue weighted by atomic mass is 9.98. The predicted octanol–water partition coefficient (Wildman–Crippen LogP) is 3.56. The van der Waals surface area contributed by atoms with E-state index in [1.807, 2.05) is 37.1 Å². The fourth-order valence-corrected chi connectivity index (χ4v) is 1.80. The predicted molar refractivity (Wildman–Crippen MR) is 71.7 cm³/mol. The average Bonchev–Trinajstić information content (AvgIpc) is 2.35. The number of hydrogen-bond donors (Lipinski definition) is 0. The van der Waals surface area contributed by atoms with Crippen molar-refractivity contribution in [3.63, 3.8) is 0 Å². The lowest BCUT2D eigenvalue weighted by Gasteiger charge is -2.28. The van der Waals surface area contributed by atoms with E-state index in [4.69, 9.17) is 0 Å². The normalized spacial score (nSPS) is 13.3. The number of allylic oxidation sites excluding steroid dienone is 1. The standard InChI is InChI=1S/C15H21NO/c1-5-12(2)11-15(16(4)13(3)17)14-9-7-6-8-10-14/h5-10,15H,11H2,1-4H3/b12-5-. The topological polar surface area (TPSA) is 20.3 Å². The number of rotatable bonds is 4. The molecular formula is C15H21NO. The molecule has 0 fully saturated rings. The minimum absolute atomic E-state index is 0.0998. The second-order valence-corrected chi connectivity index (χ2v) is 4.40. The van der Waals surface area contributed by atoms with Gasteiger partial charge in [-0.05, 0) is 25.8 Å². The van der Waals surface area contributed by atoms with Gasteiger partial charge >= 0.3 is 0 Å². The maximum atomic E-state index is 11.5. The Morgan fingerprint density at radius 1 is 1.29 bits per heavy atom. The molecule has 0 radical (unpaired) electrons. The molecule has 1 unspecified atom stereocenters. The number of carbonyl (C=O) groups is 1. The SMILES string of the molecule is C/C=C(/C)CC(c1ccccc1)N(C)C(C)=O. The summed E-state index contributed by atoms with van der Waals surface area (Å²) in [4.78, 5) is 13.3. The van der Waals surface area contributed by atoms with E-state index in [1.165, 1.54) is 11.1 Å². The number of nitrogens with zero attached hydrogens (tertiary/aromatic N) is 1. The molecule has 0 saturated heterocycles. The minimum atomic E-state index is 0.0998. The molecule has 92 valence electrons. The van der Waals surface area contributed by atoms with E-state index in [1.54, 1.807) is 6.92 Å². The van der Waals surface area contributed by atoms with Crippen LogP contribution in [0.4, 0.5) is 0 Å². The van der Waals surface area contributed by atoms with Gasteiger partial charge in [-0.2, -0.15) is 0 Å². The zero-order chi connectivity index (χ0) is 12.8. The third-order valence-electron chi connectivity index (χ3n) is 3.16. The van der Waals surface area contributed by atoms with E-state index in [0.29, 0.717) is 0 Å². The van der Waals surface area contributed by atoms with Crippen molar-refractivity contribution in [3.8, 4) is 0 Å². The molecule has 0 aliphatic heterocycles. The summed E-state index contributed by atoms with van der Waals surface area (Å²) in [6.45, 7) is 5.75. The molecule has 0 spiro atoms. The Hall–Kier alpha value is -1.57. The summed E-state index contributed by atoms with van der Waals surface area (Å²) in [6, 6.07) is 10.3. The quantitative estimate of drug-likeness (QED) is 0.725. The van der Waals surface area contributed by atoms with Crippen molar-refractivity contribution in [1.82, 2.24) is 4.90 Å². The molecule has 1 aromatic carbocycles. The molecular weight excluding hydrogens is 210 g/mol. The Morgan fingerprint density at radius 2 is 1.88 bits per heavy atom. The molecule has 0 heterocycles. The number of carbonyl (C=O) groups excluding carboxylic acids is 1. The molecule has 0 aliphatic rings. The molecule has 0 saturated carbocycles. The van der Waals surface area contributed by atoms with Gasteiger partial charge in [0.05, 0.1) is 6.04 Å². The van der Waals surface area contributed by atoms with Crippen LogP contribution in [0, 0.1) is 0 Å². The van der Waals surface area contributed by atoms with Gasteiger partial charge < -0.3 is 4.90 Å². The van der Waals surface area contributed by atoms with Crippen LogP contribution in [0.15, 0.2) is 42.0 Å². The first-order chi connectivity index (χ1) is 8.06. The maximum absolute atomic E-state index is 11.5. The van der Waals surface area contributed by atoms with Crippen molar-refractivity contribution in [1.29, 1.82) is 0 Å². The van der Waals surface area contributed by atoms with Gasteiger partial charge in [0.15, 0.2) is 0 Å². The summed E-state index contributed by atoms with van der Waals surface area (Å²) >= 11 is 0. The van der Waals surface area contributed by atoms with E-state index in [0.717, 1.165) is 6.42 Å². The third kappa shape index (κ3) is 3.74. The molecule has 2 nitrogen and oxygen atoms in total. The largest absolute Gasteiger partial charge is 0.339 e. The zero-order valence-corrected chi connectivity index (χ0v) is 11.1. The highest BCUT2D eigenvalue weighted by Crippen LogP contribution is 2.26. The molecule has 1 aromatic rings. The van der Waals surface area contributed by atoms with Crippen molar-refractivity contribution in [3.05, 3.63) is 47.5 Å². The van der Waals surface area contributed by atoms with Crippen LogP contribution in [-0.2, 0) is 4.79 Å². The van der Waals surface area contributed by atoms with Gasteiger partial charge in [-0.1, -0.05) is 42.0 Å². The Kier molecular flexibility index (Phi) is 4.95. The molecule has 17 heavy (non-hydrogen) atoms.